The molecule has 19 nitrogen and oxygen atoms in total. The second kappa shape index (κ2) is 18.1. The van der Waals surface area contributed by atoms with Gasteiger partial charge in [-0.3, -0.25) is 14.4 Å². The molecular weight excluding hydrogens is 873 g/mol. The molecule has 5 fully saturated rings. The first-order chi connectivity index (χ1) is 31.2. The number of likely N-dealkylation sites (tertiary alicyclic amines) is 1. The van der Waals surface area contributed by atoms with Crippen LogP contribution in [0.1, 0.15) is 99.8 Å². The number of pyridine rings is 1. The number of alkyl carbamates (subject to hydrolysis) is 1. The fourth-order valence-electron chi connectivity index (χ4n) is 9.33. The van der Waals surface area contributed by atoms with Gasteiger partial charge in [-0.1, -0.05) is 34.1 Å². The van der Waals surface area contributed by atoms with Crippen molar-refractivity contribution in [2.75, 3.05) is 32.2 Å². The van der Waals surface area contributed by atoms with Gasteiger partial charge in [-0.25, -0.2) is 23.4 Å². The van der Waals surface area contributed by atoms with Crippen LogP contribution in [-0.2, 0) is 38.3 Å². The fourth-order valence-corrected chi connectivity index (χ4v) is 10.5. The van der Waals surface area contributed by atoms with Crippen molar-refractivity contribution in [3.8, 4) is 17.3 Å². The van der Waals surface area contributed by atoms with Crippen molar-refractivity contribution in [2.24, 2.45) is 23.2 Å². The monoisotopic (exact) mass is 936 g/mol. The molecule has 1 saturated heterocycles. The Balaban J connectivity index is 1.10. The van der Waals surface area contributed by atoms with E-state index in [1.54, 1.807) is 43.1 Å². The van der Waals surface area contributed by atoms with Gasteiger partial charge in [-0.05, 0) is 94.6 Å². The molecule has 4 N–H and O–H groups in total. The number of benzene rings is 1. The third-order valence-corrected chi connectivity index (χ3v) is 14.4. The smallest absolute Gasteiger partial charge is 0.408 e. The quantitative estimate of drug-likeness (QED) is 0.119. The summed E-state index contributed by atoms with van der Waals surface area (Å²) in [5, 5.41) is 14.3. The first-order valence-corrected chi connectivity index (χ1v) is 24.5. The number of rotatable bonds is 19. The molecular formula is C46H64N8O11S. The SMILES string of the molecule is CC[C@@H]1C[C@]1(NC(=O)[C@@H]1C[C@@H](Oc2cc(-n3ccc(NC(C)C)n3)nc3cc(OCCOC)ccc23)CN1C(=O)[C@@H](NC(=O)OC1C[C@@H]2C[C@@H]2C1)C(C)(C)C)C(=O)NS(=O)(=O)OC1(C)CC1. The van der Waals surface area contributed by atoms with E-state index in [0.29, 0.717) is 78.3 Å². The molecule has 1 aliphatic heterocycles. The van der Waals surface area contributed by atoms with Crippen LogP contribution in [-0.4, -0.2) is 120 Å². The summed E-state index contributed by atoms with van der Waals surface area (Å²) in [6, 6.07) is 6.78. The summed E-state index contributed by atoms with van der Waals surface area (Å²) in [6.45, 7) is 13.6. The van der Waals surface area contributed by atoms with Gasteiger partial charge in [0.25, 0.3) is 5.91 Å². The fraction of sp³-hybridized carbons (Fsp3) is 0.652. The summed E-state index contributed by atoms with van der Waals surface area (Å²) in [7, 11) is -2.90. The van der Waals surface area contributed by atoms with Gasteiger partial charge in [0.05, 0.1) is 24.3 Å². The Morgan fingerprint density at radius 1 is 0.985 bits per heavy atom. The van der Waals surface area contributed by atoms with Gasteiger partial charge >= 0.3 is 16.4 Å². The number of amides is 4. The number of fused-ring (bicyclic) bond motifs is 2. The molecule has 0 bridgehead atoms. The van der Waals surface area contributed by atoms with E-state index in [1.807, 2.05) is 58.4 Å². The molecule has 5 aliphatic rings. The predicted molar refractivity (Wildman–Crippen MR) is 242 cm³/mol. The highest BCUT2D eigenvalue weighted by Crippen LogP contribution is 2.52. The number of anilines is 1. The molecule has 4 amide bonds. The molecule has 1 unspecified atom stereocenters. The lowest BCUT2D eigenvalue weighted by Crippen LogP contribution is -2.60. The highest BCUT2D eigenvalue weighted by atomic mass is 32.2. The highest BCUT2D eigenvalue weighted by molar-refractivity contribution is 7.85. The van der Waals surface area contributed by atoms with Crippen molar-refractivity contribution in [2.45, 2.75) is 141 Å². The number of nitrogens with one attached hydrogen (secondary N) is 4. The Morgan fingerprint density at radius 2 is 1.73 bits per heavy atom. The molecule has 66 heavy (non-hydrogen) atoms. The maximum Gasteiger partial charge on any atom is 0.408 e. The normalized spacial score (nSPS) is 26.6. The predicted octanol–water partition coefficient (Wildman–Crippen LogP) is 4.77. The number of carbonyl (C=O) groups is 4. The van der Waals surface area contributed by atoms with E-state index >= 15 is 0 Å². The first kappa shape index (κ1) is 47.3. The topological polar surface area (TPSA) is 231 Å². The molecule has 2 aromatic heterocycles. The lowest BCUT2D eigenvalue weighted by molar-refractivity contribution is -0.143. The lowest BCUT2D eigenvalue weighted by atomic mass is 9.85. The number of hydrogen-bond donors (Lipinski definition) is 4. The molecule has 8 rings (SSSR count). The van der Waals surface area contributed by atoms with Crippen LogP contribution in [0.4, 0.5) is 10.6 Å². The van der Waals surface area contributed by atoms with Crippen molar-refractivity contribution >= 4 is 50.8 Å². The van der Waals surface area contributed by atoms with Crippen molar-refractivity contribution in [1.29, 1.82) is 0 Å². The average molecular weight is 937 g/mol. The average Bonchev–Trinajstić information content (AvgIpc) is 4.15. The van der Waals surface area contributed by atoms with E-state index in [0.717, 1.165) is 19.3 Å². The third kappa shape index (κ3) is 10.6. The van der Waals surface area contributed by atoms with Crippen molar-refractivity contribution < 1.29 is 50.7 Å². The standard InChI is InChI=1S/C46H64N8O11S/c1-9-29-24-46(29,42(57)52-66(59,60)65-45(7)13-14-45)50-40(55)35-22-32(25-53(35)41(56)39(44(4,5)6)49-43(58)64-31-19-27-18-28(27)20-31)63-36-23-38(54-15-12-37(51-54)47-26(2)3)48-34-21-30(10-11-33(34)36)62-17-16-61-8/h10-12,15,21,23,26-29,31-32,35,39H,9,13-14,16-20,22,24-25H2,1-8H3,(H,47,51)(H,49,58)(H,50,55)(H,52,57)/t27-,28+,29-,31?,32-,35+,39-,46-/m1/s1. The molecule has 360 valence electrons. The molecule has 3 heterocycles. The summed E-state index contributed by atoms with van der Waals surface area (Å²) < 4.78 is 58.6. The summed E-state index contributed by atoms with van der Waals surface area (Å²) in [4.78, 5) is 63.3. The van der Waals surface area contributed by atoms with Gasteiger partial charge in [0, 0.05) is 49.4 Å². The van der Waals surface area contributed by atoms with Crippen LogP contribution in [0, 0.1) is 23.2 Å². The zero-order chi connectivity index (χ0) is 47.3. The van der Waals surface area contributed by atoms with Crippen molar-refractivity contribution in [3.63, 3.8) is 0 Å². The second-order valence-electron chi connectivity index (χ2n) is 20.3. The van der Waals surface area contributed by atoms with E-state index < -0.39 is 68.9 Å². The van der Waals surface area contributed by atoms with E-state index in [9.17, 15) is 27.6 Å². The van der Waals surface area contributed by atoms with Gasteiger partial charge in [0.2, 0.25) is 11.8 Å². The number of methoxy groups -OCH3 is 1. The molecule has 0 spiro atoms. The minimum Gasteiger partial charge on any atom is -0.491 e. The minimum absolute atomic E-state index is 0.0143. The molecule has 1 aromatic carbocycles. The lowest BCUT2D eigenvalue weighted by Gasteiger charge is -2.35. The van der Waals surface area contributed by atoms with E-state index in [-0.39, 0.29) is 37.5 Å². The third-order valence-electron chi connectivity index (χ3n) is 13.4. The van der Waals surface area contributed by atoms with Crippen molar-refractivity contribution in [1.82, 2.24) is 35.0 Å². The van der Waals surface area contributed by atoms with Crippen LogP contribution >= 0.6 is 0 Å². The van der Waals surface area contributed by atoms with Gasteiger partial charge in [0.15, 0.2) is 5.82 Å². The number of carbonyl (C=O) groups excluding carboxylic acids is 4. The van der Waals surface area contributed by atoms with Gasteiger partial charge in [0.1, 0.15) is 53.8 Å². The van der Waals surface area contributed by atoms with Crippen LogP contribution < -0.4 is 30.1 Å². The van der Waals surface area contributed by atoms with Crippen LogP contribution in [0.5, 0.6) is 11.5 Å². The second-order valence-corrected chi connectivity index (χ2v) is 21.6. The molecule has 3 aromatic rings. The Labute approximate surface area is 386 Å². The largest absolute Gasteiger partial charge is 0.491 e. The molecule has 20 heteroatoms. The number of hydrogen-bond acceptors (Lipinski definition) is 14. The molecule has 4 aliphatic carbocycles. The zero-order valence-electron chi connectivity index (χ0n) is 39.0. The number of ether oxygens (including phenoxy) is 4. The number of nitrogens with zero attached hydrogens (tertiary/aromatic N) is 4. The Morgan fingerprint density at radius 3 is 2.38 bits per heavy atom. The van der Waals surface area contributed by atoms with Gasteiger partial charge in [-0.2, -0.15) is 8.42 Å². The van der Waals surface area contributed by atoms with Gasteiger partial charge in [-0.15, -0.1) is 5.10 Å². The molecule has 0 radical (unpaired) electrons. The van der Waals surface area contributed by atoms with Gasteiger partial charge < -0.3 is 39.8 Å². The summed E-state index contributed by atoms with van der Waals surface area (Å²) in [5.74, 6) is 0.664. The summed E-state index contributed by atoms with van der Waals surface area (Å²) in [5.41, 5.74) is -2.76. The van der Waals surface area contributed by atoms with Crippen LogP contribution in [0.2, 0.25) is 0 Å². The van der Waals surface area contributed by atoms with Crippen LogP contribution in [0.3, 0.4) is 0 Å². The highest BCUT2D eigenvalue weighted by Gasteiger charge is 2.62. The molecule has 8 atom stereocenters. The van der Waals surface area contributed by atoms with Crippen LogP contribution in [0.25, 0.3) is 16.7 Å². The maximum absolute atomic E-state index is 15.0. The molecule has 4 saturated carbocycles. The van der Waals surface area contributed by atoms with E-state index in [2.05, 4.69) is 21.0 Å². The van der Waals surface area contributed by atoms with Crippen LogP contribution in [0.15, 0.2) is 36.5 Å². The Bertz CT molecular complexity index is 2440. The Hall–Kier alpha value is -5.21. The zero-order valence-corrected chi connectivity index (χ0v) is 39.9. The first-order valence-electron chi connectivity index (χ1n) is 23.1. The van der Waals surface area contributed by atoms with E-state index in [1.165, 1.54) is 4.90 Å². The number of aromatic nitrogens is 3. The summed E-state index contributed by atoms with van der Waals surface area (Å²) >= 11 is 0. The maximum atomic E-state index is 15.0. The van der Waals surface area contributed by atoms with E-state index in [4.69, 9.17) is 28.1 Å². The summed E-state index contributed by atoms with van der Waals surface area (Å²) in [6.07, 6.45) is 4.48. The van der Waals surface area contributed by atoms with Crippen molar-refractivity contribution in [3.05, 3.63) is 36.5 Å². The minimum atomic E-state index is -4.49. The Kier molecular flexibility index (Phi) is 13.0.